The molecule has 0 bridgehead atoms. The first-order valence-electron chi connectivity index (χ1n) is 9.12. The summed E-state index contributed by atoms with van der Waals surface area (Å²) in [6.45, 7) is 4.32. The van der Waals surface area contributed by atoms with Gasteiger partial charge in [0.2, 0.25) is 5.91 Å². The molecule has 1 aliphatic rings. The van der Waals surface area contributed by atoms with Gasteiger partial charge in [-0.1, -0.05) is 25.1 Å². The summed E-state index contributed by atoms with van der Waals surface area (Å²) in [7, 11) is 0. The molecule has 0 aromatic heterocycles. The SMILES string of the molecule is CC1CCN(c2ccc(NC(=O)Cc3cccc(C(F)(F)F)c3)cc2)CC1. The Labute approximate surface area is 157 Å². The lowest BCUT2D eigenvalue weighted by Gasteiger charge is -2.32. The predicted octanol–water partition coefficient (Wildman–Crippen LogP) is 5.12. The molecule has 0 saturated carbocycles. The number of carbonyl (C=O) groups is 1. The van der Waals surface area contributed by atoms with Crippen molar-refractivity contribution in [2.45, 2.75) is 32.4 Å². The summed E-state index contributed by atoms with van der Waals surface area (Å²) < 4.78 is 38.3. The Kier molecular flexibility index (Phi) is 5.73. The van der Waals surface area contributed by atoms with E-state index >= 15 is 0 Å². The number of anilines is 2. The lowest BCUT2D eigenvalue weighted by molar-refractivity contribution is -0.137. The number of hydrogen-bond donors (Lipinski definition) is 1. The van der Waals surface area contributed by atoms with Gasteiger partial charge < -0.3 is 10.2 Å². The molecule has 0 spiro atoms. The molecule has 1 N–H and O–H groups in total. The van der Waals surface area contributed by atoms with E-state index in [2.05, 4.69) is 17.1 Å². The monoisotopic (exact) mass is 376 g/mol. The molecule has 1 amide bonds. The summed E-state index contributed by atoms with van der Waals surface area (Å²) in [5, 5.41) is 2.75. The van der Waals surface area contributed by atoms with E-state index < -0.39 is 11.7 Å². The van der Waals surface area contributed by atoms with Gasteiger partial charge >= 0.3 is 6.18 Å². The summed E-state index contributed by atoms with van der Waals surface area (Å²) in [6, 6.07) is 12.5. The molecule has 0 aliphatic carbocycles. The summed E-state index contributed by atoms with van der Waals surface area (Å²) in [6.07, 6.45) is -2.16. The number of benzene rings is 2. The zero-order valence-electron chi connectivity index (χ0n) is 15.2. The smallest absolute Gasteiger partial charge is 0.372 e. The van der Waals surface area contributed by atoms with Gasteiger partial charge in [0.25, 0.3) is 0 Å². The first kappa shape index (κ1) is 19.3. The molecule has 3 rings (SSSR count). The van der Waals surface area contributed by atoms with Crippen LogP contribution in [0.1, 0.15) is 30.9 Å². The fourth-order valence-electron chi connectivity index (χ4n) is 3.27. The fraction of sp³-hybridized carbons (Fsp3) is 0.381. The van der Waals surface area contributed by atoms with E-state index in [1.165, 1.54) is 25.0 Å². The van der Waals surface area contributed by atoms with Gasteiger partial charge in [0.05, 0.1) is 12.0 Å². The minimum Gasteiger partial charge on any atom is -0.372 e. The third kappa shape index (κ3) is 5.25. The number of rotatable bonds is 4. The molecular weight excluding hydrogens is 353 g/mol. The van der Waals surface area contributed by atoms with Crippen LogP contribution < -0.4 is 10.2 Å². The van der Waals surface area contributed by atoms with E-state index in [0.29, 0.717) is 11.3 Å². The molecule has 144 valence electrons. The second kappa shape index (κ2) is 8.03. The summed E-state index contributed by atoms with van der Waals surface area (Å²) >= 11 is 0. The van der Waals surface area contributed by atoms with Crippen LogP contribution in [-0.2, 0) is 17.4 Å². The average molecular weight is 376 g/mol. The molecule has 0 atom stereocenters. The number of carbonyl (C=O) groups excluding carboxylic acids is 1. The Morgan fingerprint density at radius 2 is 1.78 bits per heavy atom. The minimum absolute atomic E-state index is 0.102. The number of piperidine rings is 1. The molecule has 1 saturated heterocycles. The van der Waals surface area contributed by atoms with Gasteiger partial charge in [0.1, 0.15) is 0 Å². The van der Waals surface area contributed by atoms with Crippen LogP contribution >= 0.6 is 0 Å². The maximum atomic E-state index is 12.8. The van der Waals surface area contributed by atoms with Crippen molar-refractivity contribution in [1.29, 1.82) is 0 Å². The molecule has 27 heavy (non-hydrogen) atoms. The van der Waals surface area contributed by atoms with Crippen molar-refractivity contribution < 1.29 is 18.0 Å². The topological polar surface area (TPSA) is 32.3 Å². The fourth-order valence-corrected chi connectivity index (χ4v) is 3.27. The standard InChI is InChI=1S/C21H23F3N2O/c1-15-9-11-26(12-10-15)19-7-5-18(6-8-19)25-20(27)14-16-3-2-4-17(13-16)21(22,23)24/h2-8,13,15H,9-12,14H2,1H3,(H,25,27). The molecular formula is C21H23F3N2O. The zero-order chi connectivity index (χ0) is 19.4. The number of nitrogens with zero attached hydrogens (tertiary/aromatic N) is 1. The van der Waals surface area contributed by atoms with Gasteiger partial charge in [-0.05, 0) is 54.7 Å². The van der Waals surface area contributed by atoms with E-state index in [9.17, 15) is 18.0 Å². The minimum atomic E-state index is -4.41. The Morgan fingerprint density at radius 1 is 1.11 bits per heavy atom. The second-order valence-electron chi connectivity index (χ2n) is 7.14. The summed E-state index contributed by atoms with van der Waals surface area (Å²) in [5.41, 5.74) is 1.35. The maximum Gasteiger partial charge on any atom is 0.416 e. The second-order valence-corrected chi connectivity index (χ2v) is 7.14. The highest BCUT2D eigenvalue weighted by Crippen LogP contribution is 2.29. The number of amides is 1. The normalized spacial score (nSPS) is 15.6. The van der Waals surface area contributed by atoms with Crippen LogP contribution in [0.25, 0.3) is 0 Å². The number of hydrogen-bond acceptors (Lipinski definition) is 2. The first-order chi connectivity index (χ1) is 12.8. The molecule has 2 aromatic rings. The lowest BCUT2D eigenvalue weighted by Crippen LogP contribution is -2.32. The molecule has 6 heteroatoms. The van der Waals surface area contributed by atoms with Gasteiger partial charge in [0.15, 0.2) is 0 Å². The van der Waals surface area contributed by atoms with E-state index in [0.717, 1.165) is 36.8 Å². The average Bonchev–Trinajstić information content (AvgIpc) is 2.62. The van der Waals surface area contributed by atoms with Crippen LogP contribution in [0.4, 0.5) is 24.5 Å². The Balaban J connectivity index is 1.58. The van der Waals surface area contributed by atoms with Crippen molar-refractivity contribution in [3.63, 3.8) is 0 Å². The number of alkyl halides is 3. The van der Waals surface area contributed by atoms with Gasteiger partial charge in [-0.15, -0.1) is 0 Å². The Hall–Kier alpha value is -2.50. The Bertz CT molecular complexity index is 779. The predicted molar refractivity (Wildman–Crippen MR) is 101 cm³/mol. The molecule has 0 unspecified atom stereocenters. The van der Waals surface area contributed by atoms with Gasteiger partial charge in [-0.3, -0.25) is 4.79 Å². The molecule has 3 nitrogen and oxygen atoms in total. The van der Waals surface area contributed by atoms with Crippen molar-refractivity contribution in [1.82, 2.24) is 0 Å². The van der Waals surface area contributed by atoms with Crippen LogP contribution in [0.2, 0.25) is 0 Å². The molecule has 1 aliphatic heterocycles. The largest absolute Gasteiger partial charge is 0.416 e. The van der Waals surface area contributed by atoms with Gasteiger partial charge in [-0.25, -0.2) is 0 Å². The highest BCUT2D eigenvalue weighted by atomic mass is 19.4. The van der Waals surface area contributed by atoms with Gasteiger partial charge in [0, 0.05) is 24.5 Å². The van der Waals surface area contributed by atoms with Crippen LogP contribution in [0.15, 0.2) is 48.5 Å². The molecule has 1 fully saturated rings. The van der Waals surface area contributed by atoms with Crippen molar-refractivity contribution >= 4 is 17.3 Å². The van der Waals surface area contributed by atoms with Crippen LogP contribution in [0.3, 0.4) is 0 Å². The van der Waals surface area contributed by atoms with Crippen molar-refractivity contribution in [3.05, 3.63) is 59.7 Å². The molecule has 2 aromatic carbocycles. The van der Waals surface area contributed by atoms with E-state index in [-0.39, 0.29) is 12.3 Å². The Morgan fingerprint density at radius 3 is 2.41 bits per heavy atom. The first-order valence-corrected chi connectivity index (χ1v) is 9.12. The summed E-state index contributed by atoms with van der Waals surface area (Å²) in [4.78, 5) is 14.5. The van der Waals surface area contributed by atoms with Crippen molar-refractivity contribution in [2.24, 2.45) is 5.92 Å². The summed E-state index contributed by atoms with van der Waals surface area (Å²) in [5.74, 6) is 0.421. The lowest BCUT2D eigenvalue weighted by atomic mass is 9.99. The van der Waals surface area contributed by atoms with E-state index in [4.69, 9.17) is 0 Å². The highest BCUT2D eigenvalue weighted by molar-refractivity contribution is 5.92. The highest BCUT2D eigenvalue weighted by Gasteiger charge is 2.30. The number of halogens is 3. The molecule has 0 radical (unpaired) electrons. The maximum absolute atomic E-state index is 12.8. The van der Waals surface area contributed by atoms with Crippen molar-refractivity contribution in [3.8, 4) is 0 Å². The van der Waals surface area contributed by atoms with E-state index in [1.807, 2.05) is 24.3 Å². The van der Waals surface area contributed by atoms with Crippen LogP contribution in [0, 0.1) is 5.92 Å². The number of nitrogens with one attached hydrogen (secondary N) is 1. The van der Waals surface area contributed by atoms with Gasteiger partial charge in [-0.2, -0.15) is 13.2 Å². The van der Waals surface area contributed by atoms with E-state index in [1.54, 1.807) is 0 Å². The van der Waals surface area contributed by atoms with Crippen LogP contribution in [-0.4, -0.2) is 19.0 Å². The molecule has 1 heterocycles. The quantitative estimate of drug-likeness (QED) is 0.803. The third-order valence-corrected chi connectivity index (χ3v) is 4.92. The zero-order valence-corrected chi connectivity index (χ0v) is 15.2. The van der Waals surface area contributed by atoms with Crippen molar-refractivity contribution in [2.75, 3.05) is 23.3 Å². The van der Waals surface area contributed by atoms with Crippen LogP contribution in [0.5, 0.6) is 0 Å². The third-order valence-electron chi connectivity index (χ3n) is 4.92.